The number of benzene rings is 3. The van der Waals surface area contributed by atoms with E-state index in [0.717, 1.165) is 23.3 Å². The van der Waals surface area contributed by atoms with E-state index in [2.05, 4.69) is 5.32 Å². The van der Waals surface area contributed by atoms with Crippen molar-refractivity contribution in [2.75, 3.05) is 18.4 Å². The summed E-state index contributed by atoms with van der Waals surface area (Å²) >= 11 is 0. The van der Waals surface area contributed by atoms with Gasteiger partial charge in [-0.1, -0.05) is 42.5 Å². The maximum Gasteiger partial charge on any atom is 0.253 e. The predicted molar refractivity (Wildman–Crippen MR) is 115 cm³/mol. The fraction of sp³-hybridized carbons (Fsp3) is 0.200. The van der Waals surface area contributed by atoms with Crippen molar-refractivity contribution >= 4 is 17.5 Å². The summed E-state index contributed by atoms with van der Waals surface area (Å²) in [6.07, 6.45) is 0.977. The predicted octanol–water partition coefficient (Wildman–Crippen LogP) is 5.12. The number of hydrogen-bond donors (Lipinski definition) is 1. The van der Waals surface area contributed by atoms with E-state index in [1.54, 1.807) is 4.90 Å². The van der Waals surface area contributed by atoms with Crippen LogP contribution < -0.4 is 5.32 Å². The van der Waals surface area contributed by atoms with Gasteiger partial charge < -0.3 is 10.2 Å². The quantitative estimate of drug-likeness (QED) is 0.637. The third kappa shape index (κ3) is 4.79. The van der Waals surface area contributed by atoms with Crippen LogP contribution >= 0.6 is 0 Å². The number of piperidine rings is 1. The summed E-state index contributed by atoms with van der Waals surface area (Å²) in [4.78, 5) is 27.0. The highest BCUT2D eigenvalue weighted by atomic mass is 19.1. The smallest absolute Gasteiger partial charge is 0.253 e. The van der Waals surface area contributed by atoms with Gasteiger partial charge in [0, 0.05) is 30.6 Å². The van der Waals surface area contributed by atoms with Crippen LogP contribution in [-0.4, -0.2) is 29.8 Å². The summed E-state index contributed by atoms with van der Waals surface area (Å²) in [6, 6.07) is 20.5. The first-order chi connectivity index (χ1) is 15.0. The molecule has 1 heterocycles. The second-order valence-corrected chi connectivity index (χ2v) is 7.62. The Labute approximate surface area is 179 Å². The molecular formula is C25H22F2N2O2. The molecule has 1 aliphatic heterocycles. The van der Waals surface area contributed by atoms with Crippen LogP contribution in [0, 0.1) is 17.6 Å². The Balaban J connectivity index is 1.34. The Kier molecular flexibility index (Phi) is 6.07. The molecule has 0 aliphatic carbocycles. The first-order valence-electron chi connectivity index (χ1n) is 10.2. The van der Waals surface area contributed by atoms with Crippen molar-refractivity contribution in [1.82, 2.24) is 4.90 Å². The number of anilines is 1. The number of amides is 2. The number of likely N-dealkylation sites (tertiary alicyclic amines) is 1. The van der Waals surface area contributed by atoms with Gasteiger partial charge in [-0.15, -0.1) is 0 Å². The van der Waals surface area contributed by atoms with Crippen LogP contribution in [0.15, 0.2) is 72.8 Å². The number of nitrogens with one attached hydrogen (secondary N) is 1. The summed E-state index contributed by atoms with van der Waals surface area (Å²) in [5.74, 6) is -2.21. The van der Waals surface area contributed by atoms with E-state index >= 15 is 0 Å². The second-order valence-electron chi connectivity index (χ2n) is 7.62. The van der Waals surface area contributed by atoms with E-state index in [9.17, 15) is 18.4 Å². The zero-order valence-corrected chi connectivity index (χ0v) is 16.9. The van der Waals surface area contributed by atoms with Gasteiger partial charge in [-0.3, -0.25) is 9.59 Å². The number of rotatable bonds is 4. The molecule has 31 heavy (non-hydrogen) atoms. The minimum absolute atomic E-state index is 0.0385. The van der Waals surface area contributed by atoms with Crippen LogP contribution in [0.1, 0.15) is 23.2 Å². The highest BCUT2D eigenvalue weighted by Gasteiger charge is 2.28. The lowest BCUT2D eigenvalue weighted by atomic mass is 9.95. The molecule has 3 aromatic carbocycles. The summed E-state index contributed by atoms with van der Waals surface area (Å²) in [5, 5.41) is 2.52. The van der Waals surface area contributed by atoms with Crippen molar-refractivity contribution < 1.29 is 18.4 Å². The maximum absolute atomic E-state index is 13.8. The largest absolute Gasteiger partial charge is 0.339 e. The standard InChI is InChI=1S/C25H22F2N2O2/c26-21-10-11-23(22(27)16-21)28-24(30)19-12-14-29(15-13-19)25(31)20-8-6-18(7-9-20)17-4-2-1-3-5-17/h1-11,16,19H,12-15H2,(H,28,30). The van der Waals surface area contributed by atoms with Crippen molar-refractivity contribution in [3.05, 3.63) is 90.0 Å². The molecule has 0 aromatic heterocycles. The molecule has 6 heteroatoms. The van der Waals surface area contributed by atoms with Crippen molar-refractivity contribution in [3.8, 4) is 11.1 Å². The third-order valence-electron chi connectivity index (χ3n) is 5.58. The molecule has 0 atom stereocenters. The molecule has 0 bridgehead atoms. The Hall–Kier alpha value is -3.54. The molecule has 2 amide bonds. The normalized spacial score (nSPS) is 14.3. The van der Waals surface area contributed by atoms with Crippen molar-refractivity contribution in [2.45, 2.75) is 12.8 Å². The zero-order chi connectivity index (χ0) is 21.8. The molecule has 3 aromatic rings. The van der Waals surface area contributed by atoms with Crippen LogP contribution in [0.5, 0.6) is 0 Å². The zero-order valence-electron chi connectivity index (χ0n) is 16.9. The molecular weight excluding hydrogens is 398 g/mol. The molecule has 0 spiro atoms. The topological polar surface area (TPSA) is 49.4 Å². The first-order valence-corrected chi connectivity index (χ1v) is 10.2. The lowest BCUT2D eigenvalue weighted by molar-refractivity contribution is -0.121. The lowest BCUT2D eigenvalue weighted by Gasteiger charge is -2.31. The molecule has 1 N–H and O–H groups in total. The summed E-state index contributed by atoms with van der Waals surface area (Å²) < 4.78 is 26.8. The van der Waals surface area contributed by atoms with Gasteiger partial charge in [0.05, 0.1) is 5.69 Å². The highest BCUT2D eigenvalue weighted by molar-refractivity contribution is 5.95. The summed E-state index contributed by atoms with van der Waals surface area (Å²) in [6.45, 7) is 0.895. The number of hydrogen-bond acceptors (Lipinski definition) is 2. The van der Waals surface area contributed by atoms with Gasteiger partial charge in [-0.2, -0.15) is 0 Å². The number of carbonyl (C=O) groups excluding carboxylic acids is 2. The van der Waals surface area contributed by atoms with Gasteiger partial charge in [-0.25, -0.2) is 8.78 Å². The van der Waals surface area contributed by atoms with Crippen molar-refractivity contribution in [1.29, 1.82) is 0 Å². The molecule has 1 saturated heterocycles. The van der Waals surface area contributed by atoms with E-state index < -0.39 is 11.6 Å². The van der Waals surface area contributed by atoms with Crippen LogP contribution in [0.2, 0.25) is 0 Å². The average molecular weight is 420 g/mol. The van der Waals surface area contributed by atoms with Crippen LogP contribution in [0.3, 0.4) is 0 Å². The molecule has 0 radical (unpaired) electrons. The number of halogens is 2. The maximum atomic E-state index is 13.8. The van der Waals surface area contributed by atoms with E-state index in [-0.39, 0.29) is 23.4 Å². The molecule has 0 saturated carbocycles. The monoisotopic (exact) mass is 420 g/mol. The number of carbonyl (C=O) groups is 2. The Morgan fingerprint density at radius 2 is 1.48 bits per heavy atom. The Bertz CT molecular complexity index is 1080. The average Bonchev–Trinajstić information content (AvgIpc) is 2.81. The van der Waals surface area contributed by atoms with E-state index in [0.29, 0.717) is 31.5 Å². The molecule has 1 fully saturated rings. The van der Waals surface area contributed by atoms with Gasteiger partial charge in [0.2, 0.25) is 5.91 Å². The van der Waals surface area contributed by atoms with E-state index in [4.69, 9.17) is 0 Å². The lowest BCUT2D eigenvalue weighted by Crippen LogP contribution is -2.41. The molecule has 1 aliphatic rings. The van der Waals surface area contributed by atoms with Crippen molar-refractivity contribution in [2.24, 2.45) is 5.92 Å². The third-order valence-corrected chi connectivity index (χ3v) is 5.58. The molecule has 158 valence electrons. The highest BCUT2D eigenvalue weighted by Crippen LogP contribution is 2.24. The second kappa shape index (κ2) is 9.08. The van der Waals surface area contributed by atoms with Crippen molar-refractivity contribution in [3.63, 3.8) is 0 Å². The fourth-order valence-corrected chi connectivity index (χ4v) is 3.79. The molecule has 4 nitrogen and oxygen atoms in total. The van der Waals surface area contributed by atoms with Crippen LogP contribution in [0.4, 0.5) is 14.5 Å². The van der Waals surface area contributed by atoms with Gasteiger partial charge in [0.25, 0.3) is 5.91 Å². The minimum Gasteiger partial charge on any atom is -0.339 e. The van der Waals surface area contributed by atoms with E-state index in [1.165, 1.54) is 6.07 Å². The first kappa shape index (κ1) is 20.7. The fourth-order valence-electron chi connectivity index (χ4n) is 3.79. The Morgan fingerprint density at radius 1 is 0.839 bits per heavy atom. The van der Waals surface area contributed by atoms with Gasteiger partial charge >= 0.3 is 0 Å². The van der Waals surface area contributed by atoms with E-state index in [1.807, 2.05) is 54.6 Å². The minimum atomic E-state index is -0.806. The Morgan fingerprint density at radius 3 is 2.13 bits per heavy atom. The summed E-state index contributed by atoms with van der Waals surface area (Å²) in [5.41, 5.74) is 2.70. The molecule has 0 unspecified atom stereocenters. The van der Waals surface area contributed by atoms with Crippen LogP contribution in [0.25, 0.3) is 11.1 Å². The summed E-state index contributed by atoms with van der Waals surface area (Å²) in [7, 11) is 0. The van der Waals surface area contributed by atoms with Crippen LogP contribution in [-0.2, 0) is 4.79 Å². The number of nitrogens with zero attached hydrogens (tertiary/aromatic N) is 1. The SMILES string of the molecule is O=C(Nc1ccc(F)cc1F)C1CCN(C(=O)c2ccc(-c3ccccc3)cc2)CC1. The van der Waals surface area contributed by atoms with Gasteiger partial charge in [-0.05, 0) is 48.2 Å². The van der Waals surface area contributed by atoms with Gasteiger partial charge in [0.15, 0.2) is 0 Å². The van der Waals surface area contributed by atoms with Gasteiger partial charge in [0.1, 0.15) is 11.6 Å². The molecule has 4 rings (SSSR count).